The Labute approximate surface area is 194 Å². The van der Waals surface area contributed by atoms with Crippen molar-refractivity contribution < 1.29 is 19.4 Å². The molecule has 1 aromatic rings. The first-order chi connectivity index (χ1) is 15.5. The number of aliphatic hydroxyl groups is 1. The van der Waals surface area contributed by atoms with Gasteiger partial charge in [-0.3, -0.25) is 9.59 Å². The summed E-state index contributed by atoms with van der Waals surface area (Å²) in [7, 11) is 0. The number of nitrogens with one attached hydrogen (secondary N) is 1. The molecule has 2 amide bonds. The van der Waals surface area contributed by atoms with E-state index < -0.39 is 34.4 Å². The molecule has 3 fully saturated rings. The summed E-state index contributed by atoms with van der Waals surface area (Å²) >= 11 is 0. The van der Waals surface area contributed by atoms with Gasteiger partial charge in [0.25, 0.3) is 0 Å². The minimum atomic E-state index is -1.49. The summed E-state index contributed by atoms with van der Waals surface area (Å²) in [4.78, 5) is 30.8. The number of anilines is 1. The van der Waals surface area contributed by atoms with Crippen molar-refractivity contribution in [2.45, 2.75) is 75.9 Å². The first-order valence-corrected chi connectivity index (χ1v) is 11.8. The average molecular weight is 450 g/mol. The molecular formula is C26H31N3O4. The summed E-state index contributed by atoms with van der Waals surface area (Å²) in [5.41, 5.74) is -1.75. The Balaban J connectivity index is 1.60. The van der Waals surface area contributed by atoms with E-state index in [0.29, 0.717) is 30.0 Å². The van der Waals surface area contributed by atoms with Gasteiger partial charge in [-0.1, -0.05) is 38.1 Å². The van der Waals surface area contributed by atoms with Crippen molar-refractivity contribution in [2.75, 3.05) is 11.9 Å². The van der Waals surface area contributed by atoms with Gasteiger partial charge in [0, 0.05) is 29.5 Å². The van der Waals surface area contributed by atoms with Crippen molar-refractivity contribution in [1.82, 2.24) is 9.80 Å². The fourth-order valence-corrected chi connectivity index (χ4v) is 6.81. The molecule has 7 nitrogen and oxygen atoms in total. The van der Waals surface area contributed by atoms with Crippen molar-refractivity contribution in [1.29, 1.82) is 0 Å². The van der Waals surface area contributed by atoms with Crippen LogP contribution >= 0.6 is 0 Å². The van der Waals surface area contributed by atoms with Gasteiger partial charge in [-0.15, -0.1) is 6.58 Å². The molecule has 0 aromatic heterocycles. The summed E-state index contributed by atoms with van der Waals surface area (Å²) < 4.78 is 6.35. The molecule has 4 atom stereocenters. The smallest absolute Gasteiger partial charge is 0.248 e. The topological polar surface area (TPSA) is 82.1 Å². The maximum Gasteiger partial charge on any atom is 0.248 e. The lowest BCUT2D eigenvalue weighted by atomic mass is 9.68. The van der Waals surface area contributed by atoms with E-state index in [1.807, 2.05) is 52.0 Å². The van der Waals surface area contributed by atoms with Crippen LogP contribution in [0.2, 0.25) is 0 Å². The van der Waals surface area contributed by atoms with Crippen LogP contribution in [0.1, 0.15) is 58.1 Å². The van der Waals surface area contributed by atoms with Crippen molar-refractivity contribution in [2.24, 2.45) is 5.41 Å². The highest BCUT2D eigenvalue weighted by Crippen LogP contribution is 2.65. The Hall–Kier alpha value is -2.80. The van der Waals surface area contributed by atoms with Crippen LogP contribution in [0.3, 0.4) is 0 Å². The molecule has 3 saturated heterocycles. The van der Waals surface area contributed by atoms with Gasteiger partial charge in [0.2, 0.25) is 11.8 Å². The number of fused-ring (bicyclic) bond motifs is 8. The van der Waals surface area contributed by atoms with Crippen LogP contribution in [-0.4, -0.2) is 56.6 Å². The predicted molar refractivity (Wildman–Crippen MR) is 124 cm³/mol. The molecule has 0 unspecified atom stereocenters. The number of hydrogen-bond acceptors (Lipinski definition) is 5. The molecule has 2 N–H and O–H groups in total. The number of ether oxygens (including phenoxy) is 1. The minimum Gasteiger partial charge on any atom is -0.481 e. The van der Waals surface area contributed by atoms with E-state index in [0.717, 1.165) is 12.0 Å². The molecule has 174 valence electrons. The molecule has 0 spiro atoms. The van der Waals surface area contributed by atoms with E-state index in [9.17, 15) is 14.7 Å². The van der Waals surface area contributed by atoms with Gasteiger partial charge < -0.3 is 25.0 Å². The number of rotatable bonds is 2. The van der Waals surface area contributed by atoms with E-state index in [1.54, 1.807) is 15.9 Å². The van der Waals surface area contributed by atoms with Gasteiger partial charge in [0.1, 0.15) is 23.3 Å². The maximum absolute atomic E-state index is 13.9. The lowest BCUT2D eigenvalue weighted by molar-refractivity contribution is -0.169. The molecule has 7 heteroatoms. The number of hydrogen-bond donors (Lipinski definition) is 2. The number of piperazine rings is 1. The molecule has 0 radical (unpaired) electrons. The Morgan fingerprint density at radius 2 is 2.00 bits per heavy atom. The Morgan fingerprint density at radius 3 is 2.73 bits per heavy atom. The number of carbonyl (C=O) groups excluding carboxylic acids is 2. The number of nitrogens with zero attached hydrogens (tertiary/aromatic N) is 2. The van der Waals surface area contributed by atoms with E-state index in [4.69, 9.17) is 4.74 Å². The molecule has 5 aliphatic heterocycles. The monoisotopic (exact) mass is 449 g/mol. The second-order valence-corrected chi connectivity index (χ2v) is 11.2. The first-order valence-electron chi connectivity index (χ1n) is 11.8. The maximum atomic E-state index is 13.9. The normalized spacial score (nSPS) is 35.3. The standard InChI is InChI=1S/C26H31N3O4/c1-6-23(2,3)26-25(32,14-18-21(30)28-13-7-8-17(28)22(31)29(18)26)16-10-9-15-11-12-24(4,5)33-20(15)19(16)27-26/h6,9-12,17-18,27,32H,1,7-8,13-14H2,2-5H3/t17-,18-,25-,26+/m1/s1. The highest BCUT2D eigenvalue weighted by Gasteiger charge is 2.76. The van der Waals surface area contributed by atoms with Gasteiger partial charge in [-0.05, 0) is 32.8 Å². The summed E-state index contributed by atoms with van der Waals surface area (Å²) in [5.74, 6) is 0.496. The zero-order valence-corrected chi connectivity index (χ0v) is 19.6. The van der Waals surface area contributed by atoms with E-state index >= 15 is 0 Å². The molecular weight excluding hydrogens is 418 g/mol. The molecule has 5 aliphatic rings. The highest BCUT2D eigenvalue weighted by molar-refractivity contribution is 6.00. The van der Waals surface area contributed by atoms with Gasteiger partial charge in [0.05, 0.1) is 5.69 Å². The quantitative estimate of drug-likeness (QED) is 0.679. The minimum absolute atomic E-state index is 0.0687. The summed E-state index contributed by atoms with van der Waals surface area (Å²) in [6, 6.07) is 2.66. The molecule has 6 rings (SSSR count). The van der Waals surface area contributed by atoms with Crippen LogP contribution in [0.5, 0.6) is 5.75 Å². The average Bonchev–Trinajstić information content (AvgIpc) is 3.41. The van der Waals surface area contributed by atoms with Crippen LogP contribution in [0.4, 0.5) is 5.69 Å². The van der Waals surface area contributed by atoms with Crippen LogP contribution < -0.4 is 10.1 Å². The van der Waals surface area contributed by atoms with Gasteiger partial charge >= 0.3 is 0 Å². The molecule has 33 heavy (non-hydrogen) atoms. The van der Waals surface area contributed by atoms with Crippen molar-refractivity contribution in [3.63, 3.8) is 0 Å². The second kappa shape index (κ2) is 6.00. The third-order valence-corrected chi connectivity index (χ3v) is 8.52. The van der Waals surface area contributed by atoms with Crippen molar-refractivity contribution in [3.8, 4) is 5.75 Å². The van der Waals surface area contributed by atoms with Crippen LogP contribution in [-0.2, 0) is 15.2 Å². The molecule has 0 bridgehead atoms. The van der Waals surface area contributed by atoms with E-state index in [1.165, 1.54) is 0 Å². The van der Waals surface area contributed by atoms with Crippen LogP contribution in [0.25, 0.3) is 6.08 Å². The van der Waals surface area contributed by atoms with E-state index in [-0.39, 0.29) is 18.2 Å². The van der Waals surface area contributed by atoms with Gasteiger partial charge in [-0.25, -0.2) is 0 Å². The van der Waals surface area contributed by atoms with Gasteiger partial charge in [0.15, 0.2) is 11.4 Å². The Kier molecular flexibility index (Phi) is 3.78. The molecule has 5 heterocycles. The lowest BCUT2D eigenvalue weighted by Gasteiger charge is -2.54. The van der Waals surface area contributed by atoms with Crippen LogP contribution in [0, 0.1) is 5.41 Å². The zero-order chi connectivity index (χ0) is 23.6. The summed E-state index contributed by atoms with van der Waals surface area (Å²) in [6.07, 6.45) is 7.42. The van der Waals surface area contributed by atoms with Crippen LogP contribution in [0.15, 0.2) is 30.9 Å². The lowest BCUT2D eigenvalue weighted by Crippen LogP contribution is -2.73. The third-order valence-electron chi connectivity index (χ3n) is 8.52. The van der Waals surface area contributed by atoms with Gasteiger partial charge in [-0.2, -0.15) is 0 Å². The van der Waals surface area contributed by atoms with Crippen molar-refractivity contribution in [3.05, 3.63) is 42.0 Å². The molecule has 0 saturated carbocycles. The highest BCUT2D eigenvalue weighted by atomic mass is 16.5. The first kappa shape index (κ1) is 20.8. The second-order valence-electron chi connectivity index (χ2n) is 11.2. The summed E-state index contributed by atoms with van der Waals surface area (Å²) in [5, 5.41) is 16.1. The molecule has 0 aliphatic carbocycles. The third kappa shape index (κ3) is 2.24. The Morgan fingerprint density at radius 1 is 1.24 bits per heavy atom. The molecule has 1 aromatic carbocycles. The largest absolute Gasteiger partial charge is 0.481 e. The SMILES string of the molecule is C=CC(C)(C)[C@@]12Nc3c(ccc4c3OC(C)(C)C=C4)[C@]1(O)C[C@@H]1C(=O)N3CCC[C@@H]3C(=O)N12. The van der Waals surface area contributed by atoms with E-state index in [2.05, 4.69) is 11.9 Å². The number of carbonyl (C=O) groups is 2. The Bertz CT molecular complexity index is 1150. The summed E-state index contributed by atoms with van der Waals surface area (Å²) in [6.45, 7) is 12.5. The predicted octanol–water partition coefficient (Wildman–Crippen LogP) is 3.00. The fraction of sp³-hybridized carbons (Fsp3) is 0.538. The number of amides is 2. The number of benzene rings is 1. The van der Waals surface area contributed by atoms with Crippen molar-refractivity contribution >= 4 is 23.6 Å². The zero-order valence-electron chi connectivity index (χ0n) is 19.6. The fourth-order valence-electron chi connectivity index (χ4n) is 6.81.